The number of hydrogen-bond acceptors (Lipinski definition) is 6. The maximum atomic E-state index is 14.3. The van der Waals surface area contributed by atoms with E-state index in [2.05, 4.69) is 6.07 Å². The minimum Gasteiger partial charge on any atom is -0.460 e. The molecule has 178 valence electrons. The first-order valence-electron chi connectivity index (χ1n) is 11.2. The summed E-state index contributed by atoms with van der Waals surface area (Å²) >= 11 is 1.31. The molecule has 4 aromatic carbocycles. The lowest BCUT2D eigenvalue weighted by Gasteiger charge is -2.28. The Kier molecular flexibility index (Phi) is 6.99. The number of nitriles is 1. The first kappa shape index (κ1) is 23.6. The van der Waals surface area contributed by atoms with Gasteiger partial charge in [0, 0.05) is 26.5 Å². The fraction of sp³-hybridized carbons (Fsp3) is 0.103. The van der Waals surface area contributed by atoms with Crippen molar-refractivity contribution >= 4 is 17.7 Å². The Morgan fingerprint density at radius 2 is 1.72 bits per heavy atom. The average molecular weight is 498 g/mol. The fourth-order valence-corrected chi connectivity index (χ4v) is 4.89. The first-order chi connectivity index (χ1) is 17.6. The molecule has 4 aromatic rings. The Morgan fingerprint density at radius 3 is 2.53 bits per heavy atom. The van der Waals surface area contributed by atoms with E-state index in [1.54, 1.807) is 30.3 Å². The molecule has 0 amide bonds. The summed E-state index contributed by atoms with van der Waals surface area (Å²) in [4.78, 5) is 14.5. The molecule has 0 N–H and O–H groups in total. The maximum Gasteiger partial charge on any atom is 0.339 e. The van der Waals surface area contributed by atoms with Crippen molar-refractivity contribution in [2.75, 3.05) is 0 Å². The van der Waals surface area contributed by atoms with Crippen LogP contribution in [-0.2, 0) is 22.7 Å². The number of nitrogens with zero attached hydrogens (tertiary/aromatic N) is 1. The van der Waals surface area contributed by atoms with Gasteiger partial charge in [0.2, 0.25) is 6.29 Å². The zero-order chi connectivity index (χ0) is 24.9. The Labute approximate surface area is 212 Å². The second-order valence-corrected chi connectivity index (χ2v) is 9.09. The molecular formula is C29H20FNO4S. The van der Waals surface area contributed by atoms with Gasteiger partial charge in [-0.15, -0.1) is 0 Å². The predicted octanol–water partition coefficient (Wildman–Crippen LogP) is 6.81. The van der Waals surface area contributed by atoms with E-state index < -0.39 is 18.1 Å². The number of halogens is 1. The van der Waals surface area contributed by atoms with Gasteiger partial charge in [0.1, 0.15) is 24.2 Å². The van der Waals surface area contributed by atoms with E-state index in [9.17, 15) is 14.4 Å². The summed E-state index contributed by atoms with van der Waals surface area (Å²) in [5, 5.41) is 9.39. The number of benzene rings is 4. The predicted molar refractivity (Wildman–Crippen MR) is 132 cm³/mol. The molecule has 1 atom stereocenters. The highest BCUT2D eigenvalue weighted by molar-refractivity contribution is 7.99. The van der Waals surface area contributed by atoms with E-state index >= 15 is 0 Å². The third kappa shape index (κ3) is 5.10. The largest absolute Gasteiger partial charge is 0.460 e. The summed E-state index contributed by atoms with van der Waals surface area (Å²) in [5.74, 6) is -0.568. The van der Waals surface area contributed by atoms with Crippen molar-refractivity contribution in [2.24, 2.45) is 0 Å². The van der Waals surface area contributed by atoms with Crippen LogP contribution in [0.3, 0.4) is 0 Å². The molecule has 0 bridgehead atoms. The van der Waals surface area contributed by atoms with Crippen LogP contribution in [0.5, 0.6) is 5.75 Å². The smallest absolute Gasteiger partial charge is 0.339 e. The Balaban J connectivity index is 1.36. The van der Waals surface area contributed by atoms with Crippen molar-refractivity contribution < 1.29 is 23.4 Å². The van der Waals surface area contributed by atoms with Crippen LogP contribution in [0.15, 0.2) is 101 Å². The molecule has 36 heavy (non-hydrogen) atoms. The number of carbonyl (C=O) groups excluding carboxylic acids is 1. The molecule has 1 aliphatic rings. The average Bonchev–Trinajstić information content (AvgIpc) is 2.92. The van der Waals surface area contributed by atoms with Crippen LogP contribution in [-0.4, -0.2) is 5.97 Å². The van der Waals surface area contributed by atoms with Gasteiger partial charge in [-0.3, -0.25) is 0 Å². The summed E-state index contributed by atoms with van der Waals surface area (Å²) in [7, 11) is 0. The maximum absolute atomic E-state index is 14.3. The van der Waals surface area contributed by atoms with Crippen LogP contribution < -0.4 is 4.74 Å². The molecule has 5 nitrogen and oxygen atoms in total. The summed E-state index contributed by atoms with van der Waals surface area (Å²) < 4.78 is 31.7. The van der Waals surface area contributed by atoms with Crippen LogP contribution in [0.25, 0.3) is 0 Å². The highest BCUT2D eigenvalue weighted by atomic mass is 32.2. The third-order valence-corrected chi connectivity index (χ3v) is 6.74. The molecule has 0 unspecified atom stereocenters. The monoisotopic (exact) mass is 497 g/mol. The van der Waals surface area contributed by atoms with Gasteiger partial charge in [-0.1, -0.05) is 66.4 Å². The fourth-order valence-electron chi connectivity index (χ4n) is 3.87. The van der Waals surface area contributed by atoms with Gasteiger partial charge in [0.15, 0.2) is 0 Å². The van der Waals surface area contributed by atoms with Gasteiger partial charge < -0.3 is 14.2 Å². The number of carbonyl (C=O) groups is 1. The Hall–Kier alpha value is -4.12. The van der Waals surface area contributed by atoms with Crippen LogP contribution in [0.2, 0.25) is 0 Å². The highest BCUT2D eigenvalue weighted by Gasteiger charge is 2.26. The lowest BCUT2D eigenvalue weighted by Crippen LogP contribution is -2.20. The van der Waals surface area contributed by atoms with Crippen molar-refractivity contribution in [3.63, 3.8) is 0 Å². The van der Waals surface area contributed by atoms with Gasteiger partial charge in [-0.25, -0.2) is 9.18 Å². The summed E-state index contributed by atoms with van der Waals surface area (Å²) in [6.45, 7) is -0.000401. The molecule has 0 saturated carbocycles. The van der Waals surface area contributed by atoms with Crippen molar-refractivity contribution in [3.05, 3.63) is 125 Å². The van der Waals surface area contributed by atoms with Crippen LogP contribution in [0.1, 0.15) is 38.9 Å². The van der Waals surface area contributed by atoms with E-state index in [0.29, 0.717) is 32.9 Å². The van der Waals surface area contributed by atoms with E-state index in [1.165, 1.54) is 23.9 Å². The molecular weight excluding hydrogens is 477 g/mol. The van der Waals surface area contributed by atoms with E-state index in [0.717, 1.165) is 10.5 Å². The lowest BCUT2D eigenvalue weighted by molar-refractivity contribution is -0.112. The number of rotatable bonds is 6. The highest BCUT2D eigenvalue weighted by Crippen LogP contribution is 2.37. The first-order valence-corrected chi connectivity index (χ1v) is 12.0. The Bertz CT molecular complexity index is 1450. The van der Waals surface area contributed by atoms with Gasteiger partial charge in [-0.2, -0.15) is 5.26 Å². The summed E-state index contributed by atoms with van der Waals surface area (Å²) in [6.07, 6.45) is -0.643. The molecule has 1 aliphatic heterocycles. The number of ether oxygens (including phenoxy) is 3. The van der Waals surface area contributed by atoms with E-state index in [-0.39, 0.29) is 13.2 Å². The van der Waals surface area contributed by atoms with Crippen LogP contribution in [0, 0.1) is 17.1 Å². The van der Waals surface area contributed by atoms with Crippen LogP contribution in [0.4, 0.5) is 4.39 Å². The minimum atomic E-state index is -0.643. The van der Waals surface area contributed by atoms with Crippen molar-refractivity contribution in [2.45, 2.75) is 29.3 Å². The standard InChI is InChI=1S/C29H20FNO4S/c30-23-14-21(27-22(15-23)18-34-29(35-27)19-8-2-1-3-9-19)17-33-28(32)24-11-5-7-13-26(24)36-25-12-6-4-10-20(25)16-31/h1-15,29H,17-18H2/t29-/m1/s1. The van der Waals surface area contributed by atoms with Gasteiger partial charge >= 0.3 is 5.97 Å². The van der Waals surface area contributed by atoms with Crippen molar-refractivity contribution in [1.29, 1.82) is 5.26 Å². The van der Waals surface area contributed by atoms with Gasteiger partial charge in [0.05, 0.1) is 17.7 Å². The zero-order valence-electron chi connectivity index (χ0n) is 19.0. The van der Waals surface area contributed by atoms with Gasteiger partial charge in [0.25, 0.3) is 0 Å². The Morgan fingerprint density at radius 1 is 1.00 bits per heavy atom. The quantitative estimate of drug-likeness (QED) is 0.273. The van der Waals surface area contributed by atoms with Crippen LogP contribution >= 0.6 is 11.8 Å². The molecule has 0 radical (unpaired) electrons. The zero-order valence-corrected chi connectivity index (χ0v) is 19.8. The summed E-state index contributed by atoms with van der Waals surface area (Å²) in [5.41, 5.74) is 2.68. The summed E-state index contributed by atoms with van der Waals surface area (Å²) in [6, 6.07) is 28.5. The minimum absolute atomic E-state index is 0.172. The number of fused-ring (bicyclic) bond motifs is 1. The second-order valence-electron chi connectivity index (χ2n) is 8.01. The van der Waals surface area contributed by atoms with Crippen molar-refractivity contribution in [3.8, 4) is 11.8 Å². The molecule has 0 saturated heterocycles. The normalized spacial score (nSPS) is 14.3. The van der Waals surface area contributed by atoms with E-state index in [4.69, 9.17) is 14.2 Å². The number of hydrogen-bond donors (Lipinski definition) is 0. The topological polar surface area (TPSA) is 68.6 Å². The third-order valence-electron chi connectivity index (χ3n) is 5.59. The molecule has 7 heteroatoms. The molecule has 0 aromatic heterocycles. The number of esters is 1. The van der Waals surface area contributed by atoms with Crippen molar-refractivity contribution in [1.82, 2.24) is 0 Å². The molecule has 1 heterocycles. The molecule has 0 aliphatic carbocycles. The SMILES string of the molecule is N#Cc1ccccc1Sc1ccccc1C(=O)OCc1cc(F)cc2c1O[C@H](c1ccccc1)OC2. The van der Waals surface area contributed by atoms with Gasteiger partial charge in [-0.05, 0) is 36.4 Å². The molecule has 0 spiro atoms. The van der Waals surface area contributed by atoms with E-state index in [1.807, 2.05) is 48.5 Å². The second kappa shape index (κ2) is 10.6. The molecule has 0 fully saturated rings. The lowest BCUT2D eigenvalue weighted by atomic mass is 10.1. The molecule has 5 rings (SSSR count).